The third-order valence-electron chi connectivity index (χ3n) is 2.98. The molecule has 0 bridgehead atoms. The highest BCUT2D eigenvalue weighted by Crippen LogP contribution is 2.41. The van der Waals surface area contributed by atoms with Crippen LogP contribution in [0.4, 0.5) is 37.2 Å². The van der Waals surface area contributed by atoms with E-state index in [4.69, 9.17) is 0 Å². The number of fused-ring (bicyclic) bond motifs is 1. The van der Waals surface area contributed by atoms with E-state index in [-0.39, 0.29) is 11.2 Å². The van der Waals surface area contributed by atoms with E-state index in [1.807, 2.05) is 0 Å². The number of anilines is 2. The van der Waals surface area contributed by atoms with Crippen LogP contribution in [0.25, 0.3) is 10.3 Å². The molecule has 3 nitrogen and oxygen atoms in total. The Hall–Kier alpha value is -2.36. The van der Waals surface area contributed by atoms with Gasteiger partial charge in [-0.1, -0.05) is 29.5 Å². The maximum atomic E-state index is 13.1. The smallest absolute Gasteiger partial charge is 0.331 e. The summed E-state index contributed by atoms with van der Waals surface area (Å²) in [5.41, 5.74) is -3.08. The molecule has 0 radical (unpaired) electrons. The van der Waals surface area contributed by atoms with E-state index in [2.05, 4.69) is 15.3 Å². The van der Waals surface area contributed by atoms with Crippen molar-refractivity contribution in [3.63, 3.8) is 0 Å². The molecule has 1 N–H and O–H groups in total. The Kier molecular flexibility index (Phi) is 3.86. The van der Waals surface area contributed by atoms with Crippen molar-refractivity contribution in [2.75, 3.05) is 5.32 Å². The van der Waals surface area contributed by atoms with E-state index in [1.54, 1.807) is 30.3 Å². The van der Waals surface area contributed by atoms with Gasteiger partial charge in [-0.25, -0.2) is 4.98 Å². The molecule has 126 valence electrons. The molecule has 0 aliphatic heterocycles. The molecule has 0 atom stereocenters. The van der Waals surface area contributed by atoms with Gasteiger partial charge >= 0.3 is 12.4 Å². The molecule has 0 unspecified atom stereocenters. The molecule has 0 amide bonds. The van der Waals surface area contributed by atoms with E-state index in [0.29, 0.717) is 17.0 Å². The van der Waals surface area contributed by atoms with Crippen molar-refractivity contribution in [1.82, 2.24) is 9.97 Å². The van der Waals surface area contributed by atoms with Crippen LogP contribution in [0.2, 0.25) is 0 Å². The molecular formula is C14H7F6N3S. The predicted octanol–water partition coefficient (Wildman–Crippen LogP) is 5.47. The second kappa shape index (κ2) is 5.62. The zero-order chi connectivity index (χ0) is 17.5. The average Bonchev–Trinajstić information content (AvgIpc) is 2.87. The summed E-state index contributed by atoms with van der Waals surface area (Å²) in [6.45, 7) is 0. The van der Waals surface area contributed by atoms with E-state index in [1.165, 1.54) is 0 Å². The van der Waals surface area contributed by atoms with Crippen LogP contribution in [0.3, 0.4) is 0 Å². The lowest BCUT2D eigenvalue weighted by atomic mass is 10.2. The molecule has 0 fully saturated rings. The van der Waals surface area contributed by atoms with Gasteiger partial charge in [-0.15, -0.1) is 0 Å². The summed E-state index contributed by atoms with van der Waals surface area (Å²) in [4.78, 5) is 6.97. The first kappa shape index (κ1) is 16.5. The highest BCUT2D eigenvalue weighted by atomic mass is 32.1. The van der Waals surface area contributed by atoms with Gasteiger partial charge in [0, 0.05) is 5.69 Å². The van der Waals surface area contributed by atoms with Gasteiger partial charge < -0.3 is 5.32 Å². The Morgan fingerprint density at radius 3 is 2.12 bits per heavy atom. The highest BCUT2D eigenvalue weighted by molar-refractivity contribution is 7.22. The molecule has 24 heavy (non-hydrogen) atoms. The van der Waals surface area contributed by atoms with Crippen molar-refractivity contribution in [1.29, 1.82) is 0 Å². The number of alkyl halides is 6. The summed E-state index contributed by atoms with van der Waals surface area (Å²) in [7, 11) is 0. The maximum absolute atomic E-state index is 13.1. The lowest BCUT2D eigenvalue weighted by Crippen LogP contribution is -2.13. The molecule has 1 aromatic carbocycles. The number of thiazole rings is 1. The van der Waals surface area contributed by atoms with Gasteiger partial charge in [0.1, 0.15) is 5.69 Å². The zero-order valence-corrected chi connectivity index (χ0v) is 12.4. The van der Waals surface area contributed by atoms with E-state index in [0.717, 1.165) is 0 Å². The van der Waals surface area contributed by atoms with Crippen molar-refractivity contribution >= 4 is 32.5 Å². The zero-order valence-electron chi connectivity index (χ0n) is 11.5. The van der Waals surface area contributed by atoms with Crippen molar-refractivity contribution in [3.8, 4) is 0 Å². The number of nitrogens with zero attached hydrogens (tertiary/aromatic N) is 2. The first-order valence-electron chi connectivity index (χ1n) is 6.42. The minimum Gasteiger partial charge on any atom is -0.331 e. The second-order valence-corrected chi connectivity index (χ2v) is 5.71. The summed E-state index contributed by atoms with van der Waals surface area (Å²) in [5, 5.41) is 2.77. The molecule has 0 aliphatic rings. The number of pyridine rings is 1. The Balaban J connectivity index is 2.13. The van der Waals surface area contributed by atoms with Crippen LogP contribution in [0.5, 0.6) is 0 Å². The summed E-state index contributed by atoms with van der Waals surface area (Å²) < 4.78 is 77.1. The molecule has 0 saturated carbocycles. The highest BCUT2D eigenvalue weighted by Gasteiger charge is 2.40. The monoisotopic (exact) mass is 363 g/mol. The SMILES string of the molecule is FC(F)(F)c1cc(C(F)(F)F)c2sc(Nc3ccccc3)nc2n1. The number of hydrogen-bond donors (Lipinski definition) is 1. The van der Waals surface area contributed by atoms with Crippen LogP contribution in [0, 0.1) is 0 Å². The van der Waals surface area contributed by atoms with E-state index in [9.17, 15) is 26.3 Å². The summed E-state index contributed by atoms with van der Waals surface area (Å²) in [6.07, 6.45) is -9.94. The van der Waals surface area contributed by atoms with Gasteiger partial charge in [0.2, 0.25) is 0 Å². The maximum Gasteiger partial charge on any atom is 0.433 e. The van der Waals surface area contributed by atoms with Crippen LogP contribution in [0.1, 0.15) is 11.3 Å². The number of nitrogens with one attached hydrogen (secondary N) is 1. The van der Waals surface area contributed by atoms with Crippen molar-refractivity contribution in [2.24, 2.45) is 0 Å². The van der Waals surface area contributed by atoms with Crippen LogP contribution in [-0.4, -0.2) is 9.97 Å². The molecule has 3 rings (SSSR count). The van der Waals surface area contributed by atoms with Crippen LogP contribution < -0.4 is 5.32 Å². The molecule has 3 aromatic rings. The molecule has 0 aliphatic carbocycles. The first-order valence-corrected chi connectivity index (χ1v) is 7.24. The minimum absolute atomic E-state index is 0.00676. The van der Waals surface area contributed by atoms with Gasteiger partial charge in [-0.05, 0) is 18.2 Å². The van der Waals surface area contributed by atoms with Gasteiger partial charge in [0.25, 0.3) is 0 Å². The second-order valence-electron chi connectivity index (χ2n) is 4.71. The third-order valence-corrected chi connectivity index (χ3v) is 3.98. The van der Waals surface area contributed by atoms with Gasteiger partial charge in [-0.3, -0.25) is 0 Å². The van der Waals surface area contributed by atoms with Crippen LogP contribution in [0.15, 0.2) is 36.4 Å². The van der Waals surface area contributed by atoms with Gasteiger partial charge in [-0.2, -0.15) is 31.3 Å². The topological polar surface area (TPSA) is 37.8 Å². The lowest BCUT2D eigenvalue weighted by molar-refractivity contribution is -0.144. The number of aromatic nitrogens is 2. The summed E-state index contributed by atoms with van der Waals surface area (Å²) in [5.74, 6) is 0. The lowest BCUT2D eigenvalue weighted by Gasteiger charge is -2.10. The molecular weight excluding hydrogens is 356 g/mol. The summed E-state index contributed by atoms with van der Waals surface area (Å²) >= 11 is 0.593. The summed E-state index contributed by atoms with van der Waals surface area (Å²) in [6, 6.07) is 8.42. The largest absolute Gasteiger partial charge is 0.433 e. The normalized spacial score (nSPS) is 12.6. The number of para-hydroxylation sites is 1. The van der Waals surface area contributed by atoms with Gasteiger partial charge in [0.05, 0.1) is 10.3 Å². The minimum atomic E-state index is -5.00. The van der Waals surface area contributed by atoms with Crippen molar-refractivity contribution < 1.29 is 26.3 Å². The van der Waals surface area contributed by atoms with E-state index >= 15 is 0 Å². The average molecular weight is 363 g/mol. The first-order chi connectivity index (χ1) is 11.1. The molecule has 2 heterocycles. The Morgan fingerprint density at radius 2 is 1.54 bits per heavy atom. The molecule has 0 saturated heterocycles. The third kappa shape index (κ3) is 3.28. The molecule has 0 spiro atoms. The quantitative estimate of drug-likeness (QED) is 0.614. The Bertz CT molecular complexity index is 870. The predicted molar refractivity (Wildman–Crippen MR) is 77.1 cm³/mol. The number of rotatable bonds is 2. The molecule has 2 aromatic heterocycles. The molecule has 10 heteroatoms. The van der Waals surface area contributed by atoms with Crippen molar-refractivity contribution in [2.45, 2.75) is 12.4 Å². The van der Waals surface area contributed by atoms with Crippen LogP contribution >= 0.6 is 11.3 Å². The number of halogens is 6. The van der Waals surface area contributed by atoms with Crippen LogP contribution in [-0.2, 0) is 12.4 Å². The fourth-order valence-corrected chi connectivity index (χ4v) is 2.93. The Labute approximate surface area is 135 Å². The fraction of sp³-hybridized carbons (Fsp3) is 0.143. The number of benzene rings is 1. The van der Waals surface area contributed by atoms with E-state index < -0.39 is 34.0 Å². The number of hydrogen-bond acceptors (Lipinski definition) is 4. The van der Waals surface area contributed by atoms with Crippen molar-refractivity contribution in [3.05, 3.63) is 47.7 Å². The van der Waals surface area contributed by atoms with Gasteiger partial charge in [0.15, 0.2) is 10.8 Å². The standard InChI is InChI=1S/C14H7F6N3S/c15-13(16,17)8-6-9(14(18,19)20)22-11-10(8)24-12(23-11)21-7-4-2-1-3-5-7/h1-6H,(H,21,22,23). The fourth-order valence-electron chi connectivity index (χ4n) is 1.97. The Morgan fingerprint density at radius 1 is 0.875 bits per heavy atom.